The summed E-state index contributed by atoms with van der Waals surface area (Å²) >= 11 is 0. The van der Waals surface area contributed by atoms with Crippen molar-refractivity contribution in [2.24, 2.45) is 11.8 Å². The second-order valence-electron chi connectivity index (χ2n) is 7.02. The zero-order valence-electron chi connectivity index (χ0n) is 15.5. The van der Waals surface area contributed by atoms with E-state index in [1.54, 1.807) is 6.92 Å². The van der Waals surface area contributed by atoms with E-state index < -0.39 is 5.92 Å². The summed E-state index contributed by atoms with van der Waals surface area (Å²) in [5.74, 6) is -0.721. The van der Waals surface area contributed by atoms with Crippen LogP contribution in [0.5, 0.6) is 0 Å². The molecule has 3 unspecified atom stereocenters. The van der Waals surface area contributed by atoms with E-state index in [0.29, 0.717) is 32.3 Å². The van der Waals surface area contributed by atoms with Crippen LogP contribution in [0.15, 0.2) is 0 Å². The minimum absolute atomic E-state index is 0.0197. The Morgan fingerprint density at radius 2 is 2.08 bits per heavy atom. The molecule has 5 nitrogen and oxygen atoms in total. The van der Waals surface area contributed by atoms with Crippen molar-refractivity contribution in [3.63, 3.8) is 0 Å². The lowest BCUT2D eigenvalue weighted by Crippen LogP contribution is -2.37. The average molecular weight is 352 g/mol. The van der Waals surface area contributed by atoms with Gasteiger partial charge in [0.1, 0.15) is 0 Å². The third-order valence-corrected chi connectivity index (χ3v) is 5.03. The van der Waals surface area contributed by atoms with Crippen LogP contribution < -0.4 is 0 Å². The number of ketones is 1. The molecule has 142 valence electrons. The highest BCUT2D eigenvalue weighted by molar-refractivity contribution is 5.93. The molecule has 0 spiro atoms. The molecule has 25 heavy (non-hydrogen) atoms. The van der Waals surface area contributed by atoms with Gasteiger partial charge < -0.3 is 14.2 Å². The number of carbonyl (C=O) groups excluding carboxylic acids is 2. The summed E-state index contributed by atoms with van der Waals surface area (Å²) in [7, 11) is 0. The quantitative estimate of drug-likeness (QED) is 0.624. The van der Waals surface area contributed by atoms with Crippen molar-refractivity contribution in [2.75, 3.05) is 19.8 Å². The van der Waals surface area contributed by atoms with E-state index >= 15 is 0 Å². The van der Waals surface area contributed by atoms with Crippen LogP contribution in [-0.4, -0.2) is 37.7 Å². The van der Waals surface area contributed by atoms with E-state index in [2.05, 4.69) is 6.92 Å². The van der Waals surface area contributed by atoms with E-state index in [-0.39, 0.29) is 30.2 Å². The Kier molecular flexibility index (Phi) is 8.90. The number of hydrogen-bond acceptors (Lipinski definition) is 5. The minimum atomic E-state index is -0.404. The van der Waals surface area contributed by atoms with Gasteiger partial charge in [-0.3, -0.25) is 9.59 Å². The Morgan fingerprint density at radius 3 is 2.84 bits per heavy atom. The lowest BCUT2D eigenvalue weighted by Gasteiger charge is -2.34. The van der Waals surface area contributed by atoms with Crippen LogP contribution in [-0.2, 0) is 23.8 Å². The normalized spacial score (nSPS) is 26.2. The molecule has 2 fully saturated rings. The summed E-state index contributed by atoms with van der Waals surface area (Å²) < 4.78 is 17.0. The number of fused-ring (bicyclic) bond motifs is 3. The van der Waals surface area contributed by atoms with Gasteiger partial charge in [0.05, 0.1) is 25.2 Å². The maximum atomic E-state index is 13.0. The molecule has 2 rings (SSSR count). The predicted molar refractivity (Wildman–Crippen MR) is 94.5 cm³/mol. The number of unbranched alkanes of at least 4 members (excludes halogenated alkanes) is 1. The van der Waals surface area contributed by atoms with Crippen molar-refractivity contribution < 1.29 is 23.8 Å². The Bertz CT molecular complexity index is 410. The van der Waals surface area contributed by atoms with Gasteiger partial charge in [0.2, 0.25) is 0 Å². The van der Waals surface area contributed by atoms with E-state index in [1.807, 2.05) is 0 Å². The fourth-order valence-corrected chi connectivity index (χ4v) is 3.60. The Morgan fingerprint density at radius 1 is 1.28 bits per heavy atom. The van der Waals surface area contributed by atoms with Crippen molar-refractivity contribution in [3.05, 3.63) is 13.0 Å². The van der Waals surface area contributed by atoms with Crippen LogP contribution in [0.2, 0.25) is 0 Å². The third kappa shape index (κ3) is 6.37. The molecule has 0 amide bonds. The smallest absolute Gasteiger partial charge is 0.309 e. The van der Waals surface area contributed by atoms with Crippen molar-refractivity contribution in [1.82, 2.24) is 0 Å². The first-order valence-corrected chi connectivity index (χ1v) is 9.76. The molecule has 2 aliphatic heterocycles. The topological polar surface area (TPSA) is 61.8 Å². The van der Waals surface area contributed by atoms with Gasteiger partial charge >= 0.3 is 5.97 Å². The standard InChI is InChI=1S/C20H32O5/c1-3-5-8-15(20(22)24-4-2)13-18(21)19-16-9-6-7-10-17(25-19)11-12-23-14-16/h15-17H,1,3-14H2,2H3. The van der Waals surface area contributed by atoms with E-state index in [9.17, 15) is 9.59 Å². The maximum absolute atomic E-state index is 13.0. The molecule has 2 saturated heterocycles. The highest BCUT2D eigenvalue weighted by Crippen LogP contribution is 2.34. The summed E-state index contributed by atoms with van der Waals surface area (Å²) in [6, 6.07) is 0. The van der Waals surface area contributed by atoms with Gasteiger partial charge in [-0.25, -0.2) is 0 Å². The molecule has 3 atom stereocenters. The molecule has 0 aromatic rings. The summed E-state index contributed by atoms with van der Waals surface area (Å²) in [6.45, 7) is 7.18. The molecular formula is C20H32O5. The van der Waals surface area contributed by atoms with Gasteiger partial charge in [-0.1, -0.05) is 32.6 Å². The van der Waals surface area contributed by atoms with Crippen LogP contribution in [0.4, 0.5) is 0 Å². The van der Waals surface area contributed by atoms with Gasteiger partial charge in [-0.05, 0) is 32.6 Å². The first-order valence-electron chi connectivity index (χ1n) is 9.76. The number of carbonyl (C=O) groups is 2. The summed E-state index contributed by atoms with van der Waals surface area (Å²) in [4.78, 5) is 25.2. The number of ether oxygens (including phenoxy) is 3. The first kappa shape index (κ1) is 20.4. The molecule has 0 aromatic heterocycles. The Balaban J connectivity index is 2.04. The van der Waals surface area contributed by atoms with E-state index in [1.165, 1.54) is 0 Å². The van der Waals surface area contributed by atoms with Gasteiger partial charge in [-0.2, -0.15) is 0 Å². The zero-order chi connectivity index (χ0) is 18.1. The van der Waals surface area contributed by atoms with Crippen LogP contribution in [0.1, 0.15) is 64.7 Å². The van der Waals surface area contributed by atoms with Gasteiger partial charge in [-0.15, -0.1) is 0 Å². The predicted octanol–water partition coefficient (Wildman–Crippen LogP) is 3.66. The lowest BCUT2D eigenvalue weighted by atomic mass is 9.86. The Hall–Kier alpha value is -0.940. The SMILES string of the molecule is [CH2]CCCC(CC(=O)[C]1OC2CCCCC1COCC2)C(=O)OCC. The minimum Gasteiger partial charge on any atom is -0.466 e. The molecule has 0 aromatic carbocycles. The molecule has 0 saturated carbocycles. The molecular weight excluding hydrogens is 320 g/mol. The second-order valence-corrected chi connectivity index (χ2v) is 7.02. The summed E-state index contributed by atoms with van der Waals surface area (Å²) in [5, 5.41) is 0. The van der Waals surface area contributed by atoms with Gasteiger partial charge in [0.25, 0.3) is 0 Å². The number of esters is 1. The van der Waals surface area contributed by atoms with E-state index in [0.717, 1.165) is 44.9 Å². The van der Waals surface area contributed by atoms with E-state index in [4.69, 9.17) is 14.2 Å². The number of rotatable bonds is 8. The fourth-order valence-electron chi connectivity index (χ4n) is 3.60. The summed E-state index contributed by atoms with van der Waals surface area (Å²) in [5.41, 5.74) is 0. The highest BCUT2D eigenvalue weighted by Gasteiger charge is 2.37. The second kappa shape index (κ2) is 10.9. The monoisotopic (exact) mass is 352 g/mol. The van der Waals surface area contributed by atoms with Crippen LogP contribution in [0.25, 0.3) is 0 Å². The fraction of sp³-hybridized carbons (Fsp3) is 0.800. The molecule has 0 aliphatic carbocycles. The first-order chi connectivity index (χ1) is 12.2. The molecule has 2 heterocycles. The molecule has 2 bridgehead atoms. The van der Waals surface area contributed by atoms with Crippen LogP contribution in [0, 0.1) is 24.9 Å². The number of Topliss-reactive ketones (excluding diaryl/α,β-unsaturated/α-hetero) is 1. The van der Waals surface area contributed by atoms with Crippen LogP contribution >= 0.6 is 0 Å². The Labute approximate surface area is 151 Å². The van der Waals surface area contributed by atoms with Crippen molar-refractivity contribution in [2.45, 2.75) is 70.8 Å². The largest absolute Gasteiger partial charge is 0.466 e. The molecule has 0 N–H and O–H groups in total. The highest BCUT2D eigenvalue weighted by atomic mass is 16.5. The number of hydrogen-bond donors (Lipinski definition) is 0. The van der Waals surface area contributed by atoms with Crippen molar-refractivity contribution >= 4 is 11.8 Å². The maximum Gasteiger partial charge on any atom is 0.309 e. The zero-order valence-corrected chi connectivity index (χ0v) is 15.5. The molecule has 2 radical (unpaired) electrons. The van der Waals surface area contributed by atoms with Crippen molar-refractivity contribution in [1.29, 1.82) is 0 Å². The third-order valence-electron chi connectivity index (χ3n) is 5.03. The van der Waals surface area contributed by atoms with Crippen LogP contribution in [0.3, 0.4) is 0 Å². The van der Waals surface area contributed by atoms with Crippen molar-refractivity contribution in [3.8, 4) is 0 Å². The van der Waals surface area contributed by atoms with Gasteiger partial charge in [0, 0.05) is 18.9 Å². The van der Waals surface area contributed by atoms with Gasteiger partial charge in [0.15, 0.2) is 11.9 Å². The average Bonchev–Trinajstić information content (AvgIpc) is 2.57. The summed E-state index contributed by atoms with van der Waals surface area (Å²) in [6.07, 6.45) is 7.88. The lowest BCUT2D eigenvalue weighted by molar-refractivity contribution is -0.151. The molecule has 2 aliphatic rings. The molecule has 5 heteroatoms.